The lowest BCUT2D eigenvalue weighted by atomic mass is 10.0. The number of aromatic nitrogens is 2. The third kappa shape index (κ3) is 6.00. The second-order valence-corrected chi connectivity index (χ2v) is 9.92. The van der Waals surface area contributed by atoms with Gasteiger partial charge >= 0.3 is 6.03 Å². The van der Waals surface area contributed by atoms with Gasteiger partial charge in [0.1, 0.15) is 13.6 Å². The maximum atomic E-state index is 12.1. The minimum atomic E-state index is -0.0377. The average Bonchev–Trinajstić information content (AvgIpc) is 3.34. The number of hydrogen-bond donors (Lipinski definition) is 3. The fraction of sp³-hybridized carbons (Fsp3) is 0.500. The molecule has 0 aromatic carbocycles. The first kappa shape index (κ1) is 22.6. The molecule has 0 saturated carbocycles. The highest BCUT2D eigenvalue weighted by Gasteiger charge is 2.42. The summed E-state index contributed by atoms with van der Waals surface area (Å²) in [6.07, 6.45) is 12.7. The molecule has 0 aliphatic carbocycles. The predicted octanol–water partition coefficient (Wildman–Crippen LogP) is 1.70. The first-order valence-electron chi connectivity index (χ1n) is 11.5. The first-order valence-corrected chi connectivity index (χ1v) is 12.5. The van der Waals surface area contributed by atoms with Crippen molar-refractivity contribution in [2.75, 3.05) is 12.3 Å². The maximum absolute atomic E-state index is 12.1. The lowest BCUT2D eigenvalue weighted by Gasteiger charge is -2.16. The second-order valence-electron chi connectivity index (χ2n) is 8.65. The molecule has 3 amide bonds. The van der Waals surface area contributed by atoms with Gasteiger partial charge in [-0.25, -0.2) is 13.9 Å². The van der Waals surface area contributed by atoms with E-state index in [-0.39, 0.29) is 24.0 Å². The van der Waals surface area contributed by atoms with Crippen molar-refractivity contribution < 1.29 is 18.7 Å². The average molecular weight is 456 g/mol. The lowest BCUT2D eigenvalue weighted by molar-refractivity contribution is -0.697. The Morgan fingerprint density at radius 2 is 1.78 bits per heavy atom. The van der Waals surface area contributed by atoms with Gasteiger partial charge in [-0.2, -0.15) is 11.8 Å². The number of amides is 3. The molecule has 2 fully saturated rings. The summed E-state index contributed by atoms with van der Waals surface area (Å²) in [4.78, 5) is 23.5. The molecule has 3 N–H and O–H groups in total. The largest absolute Gasteiger partial charge is 0.356 e. The van der Waals surface area contributed by atoms with E-state index in [0.29, 0.717) is 18.2 Å². The van der Waals surface area contributed by atoms with Crippen LogP contribution in [-0.4, -0.2) is 41.6 Å². The van der Waals surface area contributed by atoms with Crippen molar-refractivity contribution in [1.82, 2.24) is 16.0 Å². The Labute approximate surface area is 194 Å². The molecule has 3 atom stereocenters. The van der Waals surface area contributed by atoms with Gasteiger partial charge in [0.15, 0.2) is 24.8 Å². The van der Waals surface area contributed by atoms with Crippen LogP contribution in [0.2, 0.25) is 0 Å². The van der Waals surface area contributed by atoms with Crippen LogP contribution in [0.4, 0.5) is 4.79 Å². The SMILES string of the molecule is C[n+]1ccc(-c2cc[n+](CCCNC(=O)CCCC[C@@H]3SC[C@@H]4NC(=O)N[C@@H]43)cc2)cc1. The zero-order valence-corrected chi connectivity index (χ0v) is 19.4. The summed E-state index contributed by atoms with van der Waals surface area (Å²) >= 11 is 1.93. The number of nitrogens with zero attached hydrogens (tertiary/aromatic N) is 2. The van der Waals surface area contributed by atoms with E-state index in [1.807, 2.05) is 23.4 Å². The summed E-state index contributed by atoms with van der Waals surface area (Å²) in [5, 5.41) is 9.50. The number of pyridine rings is 2. The fourth-order valence-corrected chi connectivity index (χ4v) is 5.89. The molecule has 32 heavy (non-hydrogen) atoms. The number of hydrogen-bond acceptors (Lipinski definition) is 3. The predicted molar refractivity (Wildman–Crippen MR) is 125 cm³/mol. The van der Waals surface area contributed by atoms with E-state index in [4.69, 9.17) is 0 Å². The molecule has 0 radical (unpaired) electrons. The van der Waals surface area contributed by atoms with Crippen LogP contribution in [0, 0.1) is 0 Å². The third-order valence-corrected chi connectivity index (χ3v) is 7.71. The van der Waals surface area contributed by atoms with Gasteiger partial charge in [0.25, 0.3) is 0 Å². The lowest BCUT2D eigenvalue weighted by Crippen LogP contribution is -2.36. The number of nitrogens with one attached hydrogen (secondary N) is 3. The molecule has 2 saturated heterocycles. The summed E-state index contributed by atoms with van der Waals surface area (Å²) in [6.45, 7) is 1.58. The van der Waals surface area contributed by atoms with Gasteiger partial charge in [-0.1, -0.05) is 6.42 Å². The summed E-state index contributed by atoms with van der Waals surface area (Å²) in [7, 11) is 2.01. The van der Waals surface area contributed by atoms with E-state index in [2.05, 4.69) is 69.6 Å². The van der Waals surface area contributed by atoms with Crippen LogP contribution >= 0.6 is 11.8 Å². The van der Waals surface area contributed by atoms with Crippen molar-refractivity contribution in [2.45, 2.75) is 56.0 Å². The van der Waals surface area contributed by atoms with Gasteiger partial charge in [-0.3, -0.25) is 4.79 Å². The van der Waals surface area contributed by atoms with Crippen molar-refractivity contribution in [3.05, 3.63) is 49.1 Å². The summed E-state index contributed by atoms with van der Waals surface area (Å²) in [5.74, 6) is 1.12. The molecular formula is C24H33N5O2S+2. The van der Waals surface area contributed by atoms with E-state index in [1.54, 1.807) is 0 Å². The highest BCUT2D eigenvalue weighted by Crippen LogP contribution is 2.33. The molecule has 2 aliphatic heterocycles. The molecule has 2 aromatic rings. The normalized spacial score (nSPS) is 21.7. The van der Waals surface area contributed by atoms with Crippen molar-refractivity contribution in [1.29, 1.82) is 0 Å². The fourth-order valence-electron chi connectivity index (χ4n) is 4.34. The molecule has 2 aliphatic rings. The molecule has 7 nitrogen and oxygen atoms in total. The minimum absolute atomic E-state index is 0.0377. The quantitative estimate of drug-likeness (QED) is 0.290. The molecule has 4 rings (SSSR count). The Kier molecular flexibility index (Phi) is 7.63. The molecule has 0 spiro atoms. The number of rotatable bonds is 10. The van der Waals surface area contributed by atoms with Gasteiger partial charge in [0, 0.05) is 54.7 Å². The number of aryl methyl sites for hydroxylation is 2. The second kappa shape index (κ2) is 10.8. The Balaban J connectivity index is 1.07. The van der Waals surface area contributed by atoms with Gasteiger partial charge in [-0.05, 0) is 24.0 Å². The smallest absolute Gasteiger partial charge is 0.315 e. The van der Waals surface area contributed by atoms with E-state index < -0.39 is 0 Å². The Morgan fingerprint density at radius 1 is 1.06 bits per heavy atom. The van der Waals surface area contributed by atoms with E-state index in [0.717, 1.165) is 38.0 Å². The van der Waals surface area contributed by atoms with Crippen molar-refractivity contribution in [3.8, 4) is 11.1 Å². The Hall–Kier alpha value is -2.61. The van der Waals surface area contributed by atoms with Crippen LogP contribution in [-0.2, 0) is 18.4 Å². The number of thioether (sulfide) groups is 1. The van der Waals surface area contributed by atoms with Crippen LogP contribution in [0.15, 0.2) is 49.1 Å². The van der Waals surface area contributed by atoms with Crippen LogP contribution in [0.3, 0.4) is 0 Å². The molecule has 2 aromatic heterocycles. The number of unbranched alkanes of at least 4 members (excludes halogenated alkanes) is 1. The highest BCUT2D eigenvalue weighted by atomic mass is 32.2. The van der Waals surface area contributed by atoms with Crippen LogP contribution in [0.25, 0.3) is 11.1 Å². The monoisotopic (exact) mass is 455 g/mol. The summed E-state index contributed by atoms with van der Waals surface area (Å²) in [5.41, 5.74) is 2.41. The summed E-state index contributed by atoms with van der Waals surface area (Å²) in [6, 6.07) is 8.98. The minimum Gasteiger partial charge on any atom is -0.356 e. The zero-order valence-electron chi connectivity index (χ0n) is 18.6. The van der Waals surface area contributed by atoms with Gasteiger partial charge < -0.3 is 16.0 Å². The Bertz CT molecular complexity index is 919. The molecule has 8 heteroatoms. The highest BCUT2D eigenvalue weighted by molar-refractivity contribution is 8.00. The molecule has 0 unspecified atom stereocenters. The van der Waals surface area contributed by atoms with Crippen LogP contribution in [0.5, 0.6) is 0 Å². The standard InChI is InChI=1S/C24H31N5O2S/c1-28-13-7-18(8-14-28)19-9-15-29(16-10-19)12-4-11-25-22(30)6-3-2-5-21-23-20(17-32-21)26-24(31)27-23/h7-10,13-16,20-21,23H,2-6,11-12,17H2,1H3,(H-2,25,26,27,30,31)/p+2/t20-,21-,23-/m0/s1. The van der Waals surface area contributed by atoms with Gasteiger partial charge in [-0.15, -0.1) is 0 Å². The van der Waals surface area contributed by atoms with E-state index >= 15 is 0 Å². The first-order chi connectivity index (χ1) is 15.6. The number of fused-ring (bicyclic) bond motifs is 1. The van der Waals surface area contributed by atoms with Crippen LogP contribution in [0.1, 0.15) is 32.1 Å². The molecule has 4 heterocycles. The molecular weight excluding hydrogens is 422 g/mol. The molecule has 170 valence electrons. The van der Waals surface area contributed by atoms with Crippen molar-refractivity contribution in [3.63, 3.8) is 0 Å². The third-order valence-electron chi connectivity index (χ3n) is 6.20. The Morgan fingerprint density at radius 3 is 2.53 bits per heavy atom. The number of carbonyl (C=O) groups excluding carboxylic acids is 2. The van der Waals surface area contributed by atoms with Gasteiger partial charge in [0.2, 0.25) is 5.91 Å². The van der Waals surface area contributed by atoms with Crippen LogP contribution < -0.4 is 25.1 Å². The van der Waals surface area contributed by atoms with E-state index in [1.165, 1.54) is 11.1 Å². The van der Waals surface area contributed by atoms with E-state index in [9.17, 15) is 9.59 Å². The van der Waals surface area contributed by atoms with Gasteiger partial charge in [0.05, 0.1) is 12.1 Å². The van der Waals surface area contributed by atoms with Crippen molar-refractivity contribution >= 4 is 23.7 Å². The maximum Gasteiger partial charge on any atom is 0.315 e. The zero-order chi connectivity index (χ0) is 22.3. The van der Waals surface area contributed by atoms with Crippen molar-refractivity contribution in [2.24, 2.45) is 7.05 Å². The number of urea groups is 1. The topological polar surface area (TPSA) is 78.0 Å². The summed E-state index contributed by atoms with van der Waals surface area (Å²) < 4.78 is 4.18. The molecule has 0 bridgehead atoms. The number of carbonyl (C=O) groups is 2.